The number of rotatable bonds is 6. The zero-order valence-corrected chi connectivity index (χ0v) is 13.6. The highest BCUT2D eigenvalue weighted by atomic mass is 16.6. The molecule has 8 heteroatoms. The van der Waals surface area contributed by atoms with E-state index in [9.17, 15) is 14.9 Å². The van der Waals surface area contributed by atoms with Gasteiger partial charge in [-0.1, -0.05) is 12.1 Å². The Morgan fingerprint density at radius 2 is 2.04 bits per heavy atom. The Morgan fingerprint density at radius 1 is 1.32 bits per heavy atom. The van der Waals surface area contributed by atoms with Gasteiger partial charge in [0.15, 0.2) is 11.9 Å². The first-order valence-corrected chi connectivity index (χ1v) is 7.25. The Balaban J connectivity index is 2.16. The molecule has 1 amide bonds. The zero-order valence-electron chi connectivity index (χ0n) is 13.6. The third-order valence-electron chi connectivity index (χ3n) is 3.34. The number of nitrogens with zero attached hydrogens (tertiary/aromatic N) is 2. The van der Waals surface area contributed by atoms with Gasteiger partial charge in [0.25, 0.3) is 5.91 Å². The fraction of sp³-hybridized carbons (Fsp3) is 0.176. The Hall–Kier alpha value is -3.60. The average Bonchev–Trinajstić information content (AvgIpc) is 2.62. The van der Waals surface area contributed by atoms with Crippen LogP contribution in [-0.2, 0) is 4.79 Å². The van der Waals surface area contributed by atoms with E-state index >= 15 is 0 Å². The molecule has 0 unspecified atom stereocenters. The second-order valence-corrected chi connectivity index (χ2v) is 5.00. The summed E-state index contributed by atoms with van der Waals surface area (Å²) in [6.45, 7) is 1.46. The topological polar surface area (TPSA) is 114 Å². The van der Waals surface area contributed by atoms with Crippen LogP contribution < -0.4 is 14.8 Å². The van der Waals surface area contributed by atoms with Crippen LogP contribution in [0, 0.1) is 21.4 Å². The molecule has 2 aromatic carbocycles. The standard InChI is InChI=1S/C17H15N3O5/c1-11(17(21)19-14-6-4-3-5-12(14)10-18)25-16-8-7-13(24-2)9-15(16)20(22)23/h3-9,11H,1-2H3,(H,19,21)/t11-/m0/s1. The molecule has 0 bridgehead atoms. The van der Waals surface area contributed by atoms with E-state index < -0.39 is 16.9 Å². The predicted molar refractivity (Wildman–Crippen MR) is 89.5 cm³/mol. The third-order valence-corrected chi connectivity index (χ3v) is 3.34. The zero-order chi connectivity index (χ0) is 18.4. The van der Waals surface area contributed by atoms with Gasteiger partial charge in [-0.15, -0.1) is 0 Å². The number of hydrogen-bond donors (Lipinski definition) is 1. The van der Waals surface area contributed by atoms with Crippen LogP contribution in [0.15, 0.2) is 42.5 Å². The molecule has 0 aliphatic carbocycles. The Morgan fingerprint density at radius 3 is 2.68 bits per heavy atom. The van der Waals surface area contributed by atoms with Crippen LogP contribution >= 0.6 is 0 Å². The lowest BCUT2D eigenvalue weighted by molar-refractivity contribution is -0.386. The Bertz CT molecular complexity index is 844. The molecule has 2 rings (SSSR count). The maximum Gasteiger partial charge on any atom is 0.314 e. The normalized spacial score (nSPS) is 11.1. The maximum absolute atomic E-state index is 12.2. The number of nitriles is 1. The molecular formula is C17H15N3O5. The summed E-state index contributed by atoms with van der Waals surface area (Å²) in [6, 6.07) is 12.5. The van der Waals surface area contributed by atoms with E-state index in [0.717, 1.165) is 0 Å². The summed E-state index contributed by atoms with van der Waals surface area (Å²) in [7, 11) is 1.39. The van der Waals surface area contributed by atoms with Crippen molar-refractivity contribution >= 4 is 17.3 Å². The van der Waals surface area contributed by atoms with E-state index in [0.29, 0.717) is 17.0 Å². The van der Waals surface area contributed by atoms with Gasteiger partial charge < -0.3 is 14.8 Å². The van der Waals surface area contributed by atoms with Crippen LogP contribution in [0.1, 0.15) is 12.5 Å². The van der Waals surface area contributed by atoms with Crippen molar-refractivity contribution in [2.24, 2.45) is 0 Å². The molecule has 2 aromatic rings. The lowest BCUT2D eigenvalue weighted by Crippen LogP contribution is -2.30. The van der Waals surface area contributed by atoms with Crippen molar-refractivity contribution < 1.29 is 19.2 Å². The number of carbonyl (C=O) groups excluding carboxylic acids is 1. The van der Waals surface area contributed by atoms with Crippen molar-refractivity contribution in [3.05, 3.63) is 58.1 Å². The van der Waals surface area contributed by atoms with E-state index in [1.54, 1.807) is 24.3 Å². The van der Waals surface area contributed by atoms with E-state index in [2.05, 4.69) is 5.32 Å². The Kier molecular flexibility index (Phi) is 5.53. The Labute approximate surface area is 143 Å². The van der Waals surface area contributed by atoms with Gasteiger partial charge in [-0.05, 0) is 31.2 Å². The minimum atomic E-state index is -1.01. The van der Waals surface area contributed by atoms with Crippen LogP contribution in [0.5, 0.6) is 11.5 Å². The number of anilines is 1. The first-order valence-electron chi connectivity index (χ1n) is 7.25. The highest BCUT2D eigenvalue weighted by molar-refractivity contribution is 5.95. The van der Waals surface area contributed by atoms with Crippen molar-refractivity contribution in [2.45, 2.75) is 13.0 Å². The van der Waals surface area contributed by atoms with Crippen LogP contribution in [0.3, 0.4) is 0 Å². The fourth-order valence-corrected chi connectivity index (χ4v) is 2.03. The van der Waals surface area contributed by atoms with Crippen molar-refractivity contribution in [1.82, 2.24) is 0 Å². The number of nitro benzene ring substituents is 1. The minimum absolute atomic E-state index is 0.0537. The quantitative estimate of drug-likeness (QED) is 0.638. The van der Waals surface area contributed by atoms with Crippen LogP contribution in [0.25, 0.3) is 0 Å². The van der Waals surface area contributed by atoms with E-state index in [-0.39, 0.29) is 11.4 Å². The smallest absolute Gasteiger partial charge is 0.314 e. The average molecular weight is 341 g/mol. The van der Waals surface area contributed by atoms with Crippen molar-refractivity contribution in [3.63, 3.8) is 0 Å². The van der Waals surface area contributed by atoms with Gasteiger partial charge in [-0.3, -0.25) is 14.9 Å². The lowest BCUT2D eigenvalue weighted by atomic mass is 10.2. The molecule has 0 saturated heterocycles. The molecule has 0 heterocycles. The summed E-state index contributed by atoms with van der Waals surface area (Å²) >= 11 is 0. The van der Waals surface area contributed by atoms with E-state index in [4.69, 9.17) is 14.7 Å². The lowest BCUT2D eigenvalue weighted by Gasteiger charge is -2.15. The van der Waals surface area contributed by atoms with Crippen molar-refractivity contribution in [2.75, 3.05) is 12.4 Å². The summed E-state index contributed by atoms with van der Waals surface area (Å²) in [5, 5.41) is 22.8. The molecule has 128 valence electrons. The van der Waals surface area contributed by atoms with Gasteiger partial charge in [-0.2, -0.15) is 5.26 Å². The van der Waals surface area contributed by atoms with Gasteiger partial charge in [0.2, 0.25) is 0 Å². The molecule has 0 radical (unpaired) electrons. The maximum atomic E-state index is 12.2. The summed E-state index contributed by atoms with van der Waals surface area (Å²) in [5.41, 5.74) is 0.338. The van der Waals surface area contributed by atoms with Crippen molar-refractivity contribution in [3.8, 4) is 17.6 Å². The molecule has 0 aliphatic rings. The number of para-hydroxylation sites is 1. The van der Waals surface area contributed by atoms with E-state index in [1.807, 2.05) is 6.07 Å². The monoisotopic (exact) mass is 341 g/mol. The first-order chi connectivity index (χ1) is 12.0. The molecule has 0 aliphatic heterocycles. The SMILES string of the molecule is COc1ccc(O[C@@H](C)C(=O)Nc2ccccc2C#N)c([N+](=O)[O-])c1. The third kappa shape index (κ3) is 4.23. The molecule has 0 aromatic heterocycles. The molecule has 1 N–H and O–H groups in total. The number of amides is 1. The summed E-state index contributed by atoms with van der Waals surface area (Å²) in [4.78, 5) is 22.8. The molecule has 25 heavy (non-hydrogen) atoms. The van der Waals surface area contributed by atoms with Crippen LogP contribution in [0.4, 0.5) is 11.4 Å². The number of benzene rings is 2. The fourth-order valence-electron chi connectivity index (χ4n) is 2.03. The van der Waals surface area contributed by atoms with Crippen molar-refractivity contribution in [1.29, 1.82) is 5.26 Å². The highest BCUT2D eigenvalue weighted by Gasteiger charge is 2.22. The highest BCUT2D eigenvalue weighted by Crippen LogP contribution is 2.31. The largest absolute Gasteiger partial charge is 0.496 e. The number of nitro groups is 1. The number of hydrogen-bond acceptors (Lipinski definition) is 6. The number of methoxy groups -OCH3 is 1. The predicted octanol–water partition coefficient (Wildman–Crippen LogP) is 2.88. The first kappa shape index (κ1) is 17.7. The summed E-state index contributed by atoms with van der Waals surface area (Å²) in [5.74, 6) is -0.283. The second kappa shape index (κ2) is 7.79. The van der Waals surface area contributed by atoms with Gasteiger partial charge in [-0.25, -0.2) is 0 Å². The second-order valence-electron chi connectivity index (χ2n) is 5.00. The van der Waals surface area contributed by atoms with E-state index in [1.165, 1.54) is 32.2 Å². The number of nitrogens with one attached hydrogen (secondary N) is 1. The molecule has 0 saturated carbocycles. The minimum Gasteiger partial charge on any atom is -0.496 e. The molecule has 1 atom stereocenters. The molecule has 0 spiro atoms. The molecule has 8 nitrogen and oxygen atoms in total. The van der Waals surface area contributed by atoms with Gasteiger partial charge >= 0.3 is 5.69 Å². The van der Waals surface area contributed by atoms with Gasteiger partial charge in [0.1, 0.15) is 11.8 Å². The number of ether oxygens (including phenoxy) is 2. The summed E-state index contributed by atoms with van der Waals surface area (Å²) < 4.78 is 10.4. The van der Waals surface area contributed by atoms with Gasteiger partial charge in [0.05, 0.1) is 29.4 Å². The van der Waals surface area contributed by atoms with Gasteiger partial charge in [0, 0.05) is 0 Å². The molecular weight excluding hydrogens is 326 g/mol. The molecule has 0 fully saturated rings. The van der Waals surface area contributed by atoms with Crippen LogP contribution in [0.2, 0.25) is 0 Å². The van der Waals surface area contributed by atoms with Crippen LogP contribution in [-0.4, -0.2) is 24.0 Å². The number of carbonyl (C=O) groups is 1. The summed E-state index contributed by atoms with van der Waals surface area (Å²) in [6.07, 6.45) is -1.01.